The fourth-order valence-corrected chi connectivity index (χ4v) is 9.45. The molecule has 12 aromatic rings. The van der Waals surface area contributed by atoms with Crippen molar-refractivity contribution in [3.05, 3.63) is 200 Å². The van der Waals surface area contributed by atoms with Crippen molar-refractivity contribution in [2.24, 2.45) is 0 Å². The largest absolute Gasteiger partial charge is 0.456 e. The molecule has 0 unspecified atom stereocenters. The van der Waals surface area contributed by atoms with E-state index in [2.05, 4.69) is 149 Å². The highest BCUT2D eigenvalue weighted by Crippen LogP contribution is 2.51. The Bertz CT molecular complexity index is 3660. The molecule has 284 valence electrons. The van der Waals surface area contributed by atoms with Gasteiger partial charge in [0, 0.05) is 55.4 Å². The van der Waals surface area contributed by atoms with Crippen LogP contribution in [-0.4, -0.2) is 24.1 Å². The van der Waals surface area contributed by atoms with Crippen molar-refractivity contribution in [3.63, 3.8) is 0 Å². The van der Waals surface area contributed by atoms with E-state index < -0.39 is 0 Å². The first-order valence-corrected chi connectivity index (χ1v) is 20.5. The first-order valence-electron chi connectivity index (χ1n) is 20.5. The van der Waals surface area contributed by atoms with Crippen LogP contribution in [0, 0.1) is 0 Å². The van der Waals surface area contributed by atoms with Gasteiger partial charge in [-0.3, -0.25) is 4.57 Å². The molecular weight excluding hydrogens is 747 g/mol. The van der Waals surface area contributed by atoms with Gasteiger partial charge in [-0.15, -0.1) is 0 Å². The van der Waals surface area contributed by atoms with Crippen LogP contribution in [0.2, 0.25) is 0 Å². The summed E-state index contributed by atoms with van der Waals surface area (Å²) >= 11 is 0. The van der Waals surface area contributed by atoms with Crippen molar-refractivity contribution in [3.8, 4) is 68.2 Å². The zero-order valence-corrected chi connectivity index (χ0v) is 32.7. The minimum atomic E-state index is 0.564. The number of fused-ring (bicyclic) bond motifs is 9. The summed E-state index contributed by atoms with van der Waals surface area (Å²) in [7, 11) is 0. The average molecular weight is 780 g/mol. The fourth-order valence-electron chi connectivity index (χ4n) is 9.45. The van der Waals surface area contributed by atoms with Gasteiger partial charge in [0.15, 0.2) is 11.6 Å². The summed E-state index contributed by atoms with van der Waals surface area (Å²) in [5.41, 5.74) is 11.7. The number of benzene rings is 9. The topological polar surface area (TPSA) is 57.8 Å². The van der Waals surface area contributed by atoms with Gasteiger partial charge in [0.25, 0.3) is 0 Å². The van der Waals surface area contributed by atoms with Gasteiger partial charge in [-0.25, -0.2) is 4.98 Å². The van der Waals surface area contributed by atoms with Crippen LogP contribution in [0.25, 0.3) is 111 Å². The summed E-state index contributed by atoms with van der Waals surface area (Å²) in [5, 5.41) is 7.04. The van der Waals surface area contributed by atoms with Crippen molar-refractivity contribution in [1.82, 2.24) is 24.1 Å². The van der Waals surface area contributed by atoms with E-state index in [0.717, 1.165) is 77.7 Å². The van der Waals surface area contributed by atoms with Crippen LogP contribution in [0.4, 0.5) is 0 Å². The minimum Gasteiger partial charge on any atom is -0.456 e. The summed E-state index contributed by atoms with van der Waals surface area (Å²) in [6.07, 6.45) is 0. The van der Waals surface area contributed by atoms with Crippen molar-refractivity contribution in [2.45, 2.75) is 0 Å². The highest BCUT2D eigenvalue weighted by molar-refractivity contribution is 6.25. The van der Waals surface area contributed by atoms with Gasteiger partial charge in [0.1, 0.15) is 11.5 Å². The molecule has 0 bridgehead atoms. The Morgan fingerprint density at radius 3 is 1.66 bits per heavy atom. The second-order valence-corrected chi connectivity index (χ2v) is 15.6. The van der Waals surface area contributed by atoms with E-state index in [1.165, 1.54) is 27.2 Å². The standard InChI is InChI=1S/C55H33N5O/c1-4-15-34(16-5-1)53-56-54(35-17-6-2-7-18-35)58-55(57-53)60-45-25-12-10-21-39(45)40-29-27-36(31-47(40)60)37-28-30-41-42-23-14-24-44-51-43-22-11-13-26-46(43)59(38-19-8-3-9-20-38)48(51)33-50(52(42)44)61-49(41)32-37/h1-33H. The minimum absolute atomic E-state index is 0.564. The zero-order valence-electron chi connectivity index (χ0n) is 32.7. The lowest BCUT2D eigenvalue weighted by Gasteiger charge is -2.23. The molecule has 0 spiro atoms. The fraction of sp³-hybridized carbons (Fsp3) is 0. The Kier molecular flexibility index (Phi) is 7.21. The number of hydrogen-bond acceptors (Lipinski definition) is 4. The van der Waals surface area contributed by atoms with Crippen LogP contribution in [0.5, 0.6) is 11.5 Å². The third kappa shape index (κ3) is 5.12. The SMILES string of the molecule is c1ccc(-c2nc(-c3ccccc3)nc(-n3c4ccccc4c4ccc(-c5ccc6c(c5)Oc5cc7c(c8cccc-6c58)c5ccccc5n7-c5ccccc5)cc43)n2)cc1. The van der Waals surface area contributed by atoms with Crippen LogP contribution in [0.3, 0.4) is 0 Å². The number of aromatic nitrogens is 5. The molecule has 0 aliphatic carbocycles. The van der Waals surface area contributed by atoms with Crippen LogP contribution in [0.1, 0.15) is 0 Å². The van der Waals surface area contributed by atoms with Gasteiger partial charge in [0.05, 0.1) is 22.1 Å². The molecule has 1 aliphatic rings. The summed E-state index contributed by atoms with van der Waals surface area (Å²) in [4.78, 5) is 15.3. The van der Waals surface area contributed by atoms with Gasteiger partial charge >= 0.3 is 0 Å². The Hall–Kier alpha value is -8.35. The smallest absolute Gasteiger partial charge is 0.238 e. The molecule has 6 heteroatoms. The number of rotatable bonds is 5. The molecule has 6 nitrogen and oxygen atoms in total. The number of ether oxygens (including phenoxy) is 1. The maximum atomic E-state index is 7.00. The third-order valence-corrected chi connectivity index (χ3v) is 12.2. The molecule has 3 aromatic heterocycles. The van der Waals surface area contributed by atoms with Crippen molar-refractivity contribution in [2.75, 3.05) is 0 Å². The summed E-state index contributed by atoms with van der Waals surface area (Å²) in [6.45, 7) is 0. The molecule has 0 fully saturated rings. The molecule has 1 aliphatic heterocycles. The zero-order chi connectivity index (χ0) is 40.0. The molecule has 0 N–H and O–H groups in total. The monoisotopic (exact) mass is 779 g/mol. The molecule has 13 rings (SSSR count). The predicted molar refractivity (Wildman–Crippen MR) is 248 cm³/mol. The lowest BCUT2D eigenvalue weighted by Crippen LogP contribution is -2.06. The second kappa shape index (κ2) is 13.1. The molecule has 4 heterocycles. The summed E-state index contributed by atoms with van der Waals surface area (Å²) < 4.78 is 11.5. The van der Waals surface area contributed by atoms with Gasteiger partial charge in [-0.2, -0.15) is 9.97 Å². The number of nitrogens with zero attached hydrogens (tertiary/aromatic N) is 5. The maximum absolute atomic E-state index is 7.00. The number of hydrogen-bond donors (Lipinski definition) is 0. The quantitative estimate of drug-likeness (QED) is 0.175. The van der Waals surface area contributed by atoms with Crippen molar-refractivity contribution < 1.29 is 4.74 Å². The summed E-state index contributed by atoms with van der Waals surface area (Å²) in [5.74, 6) is 3.49. The van der Waals surface area contributed by atoms with Crippen LogP contribution < -0.4 is 4.74 Å². The molecule has 9 aromatic carbocycles. The molecule has 0 saturated heterocycles. The maximum Gasteiger partial charge on any atom is 0.238 e. The predicted octanol–water partition coefficient (Wildman–Crippen LogP) is 14.0. The van der Waals surface area contributed by atoms with Gasteiger partial charge in [0.2, 0.25) is 5.95 Å². The second-order valence-electron chi connectivity index (χ2n) is 15.6. The Labute approximate surface area is 350 Å². The van der Waals surface area contributed by atoms with E-state index in [9.17, 15) is 0 Å². The molecular formula is C55H33N5O. The van der Waals surface area contributed by atoms with Gasteiger partial charge in [-0.05, 0) is 64.5 Å². The van der Waals surface area contributed by atoms with E-state index in [1.807, 2.05) is 60.7 Å². The van der Waals surface area contributed by atoms with E-state index in [0.29, 0.717) is 17.6 Å². The van der Waals surface area contributed by atoms with Crippen molar-refractivity contribution >= 4 is 54.4 Å². The Balaban J connectivity index is 0.988. The normalized spacial score (nSPS) is 12.1. The van der Waals surface area contributed by atoms with Crippen LogP contribution in [-0.2, 0) is 0 Å². The van der Waals surface area contributed by atoms with E-state index in [-0.39, 0.29) is 0 Å². The lowest BCUT2D eigenvalue weighted by molar-refractivity contribution is 0.488. The van der Waals surface area contributed by atoms with Crippen LogP contribution in [0.15, 0.2) is 200 Å². The molecule has 0 saturated carbocycles. The Morgan fingerprint density at radius 1 is 0.328 bits per heavy atom. The average Bonchev–Trinajstić information content (AvgIpc) is 3.84. The van der Waals surface area contributed by atoms with E-state index in [4.69, 9.17) is 19.7 Å². The summed E-state index contributed by atoms with van der Waals surface area (Å²) in [6, 6.07) is 70.2. The number of para-hydroxylation sites is 3. The van der Waals surface area contributed by atoms with Gasteiger partial charge < -0.3 is 9.30 Å². The molecule has 61 heavy (non-hydrogen) atoms. The first kappa shape index (κ1) is 33.6. The highest BCUT2D eigenvalue weighted by Gasteiger charge is 2.26. The Morgan fingerprint density at radius 2 is 0.918 bits per heavy atom. The third-order valence-electron chi connectivity index (χ3n) is 12.2. The van der Waals surface area contributed by atoms with E-state index >= 15 is 0 Å². The van der Waals surface area contributed by atoms with Gasteiger partial charge in [-0.1, -0.05) is 152 Å². The first-order chi connectivity index (χ1) is 30.2. The lowest BCUT2D eigenvalue weighted by atomic mass is 9.91. The van der Waals surface area contributed by atoms with Crippen molar-refractivity contribution in [1.29, 1.82) is 0 Å². The van der Waals surface area contributed by atoms with Crippen LogP contribution >= 0.6 is 0 Å². The van der Waals surface area contributed by atoms with E-state index in [1.54, 1.807) is 0 Å². The molecule has 0 amide bonds. The highest BCUT2D eigenvalue weighted by atomic mass is 16.5. The molecule has 0 radical (unpaired) electrons. The molecule has 0 atom stereocenters.